The molecule has 2 aromatic carbocycles. The number of amides is 1. The molecule has 29 heavy (non-hydrogen) atoms. The minimum atomic E-state index is -0.697. The molecule has 1 aliphatic heterocycles. The van der Waals surface area contributed by atoms with E-state index in [1.165, 1.54) is 12.1 Å². The van der Waals surface area contributed by atoms with Crippen LogP contribution in [0.3, 0.4) is 0 Å². The lowest BCUT2D eigenvalue weighted by Crippen LogP contribution is -2.40. The van der Waals surface area contributed by atoms with Crippen molar-refractivity contribution in [3.63, 3.8) is 0 Å². The summed E-state index contributed by atoms with van der Waals surface area (Å²) in [5, 5.41) is 21.1. The van der Waals surface area contributed by atoms with Gasteiger partial charge in [-0.2, -0.15) is 0 Å². The summed E-state index contributed by atoms with van der Waals surface area (Å²) in [6, 6.07) is 12.3. The monoisotopic (exact) mass is 411 g/mol. The lowest BCUT2D eigenvalue weighted by atomic mass is 9.91. The summed E-state index contributed by atoms with van der Waals surface area (Å²) in [6.07, 6.45) is 4.79. The molecule has 1 saturated carbocycles. The van der Waals surface area contributed by atoms with Gasteiger partial charge in [0.05, 0.1) is 11.6 Å². The first-order valence-electron chi connectivity index (χ1n) is 9.82. The Morgan fingerprint density at radius 1 is 1.00 bits per heavy atom. The number of Topliss-reactive ketones (excluding diaryl/α,β-unsaturated/α-hetero) is 1. The lowest BCUT2D eigenvalue weighted by Gasteiger charge is -2.35. The molecule has 2 N–H and O–H groups in total. The molecule has 5 nitrogen and oxygen atoms in total. The first-order chi connectivity index (χ1) is 14.0. The average Bonchev–Trinajstić information content (AvgIpc) is 2.99. The second-order valence-electron chi connectivity index (χ2n) is 7.60. The predicted octanol–water partition coefficient (Wildman–Crippen LogP) is 4.80. The Balaban J connectivity index is 1.87. The Hall–Kier alpha value is -2.79. The van der Waals surface area contributed by atoms with Crippen LogP contribution in [-0.4, -0.2) is 32.8 Å². The van der Waals surface area contributed by atoms with Gasteiger partial charge in [0, 0.05) is 16.6 Å². The molecule has 2 fully saturated rings. The van der Waals surface area contributed by atoms with Crippen LogP contribution in [0.25, 0.3) is 5.76 Å². The number of likely N-dealkylation sites (tertiary alicyclic amines) is 1. The van der Waals surface area contributed by atoms with Crippen LogP contribution in [0, 0.1) is 0 Å². The maximum absolute atomic E-state index is 13.0. The summed E-state index contributed by atoms with van der Waals surface area (Å²) in [5.41, 5.74) is 1.13. The van der Waals surface area contributed by atoms with E-state index in [0.29, 0.717) is 16.1 Å². The summed E-state index contributed by atoms with van der Waals surface area (Å²) in [6.45, 7) is 0. The smallest absolute Gasteiger partial charge is 0.295 e. The third-order valence-electron chi connectivity index (χ3n) is 5.76. The van der Waals surface area contributed by atoms with Gasteiger partial charge in [0.2, 0.25) is 0 Å². The number of carbonyl (C=O) groups is 2. The van der Waals surface area contributed by atoms with Crippen LogP contribution in [0.15, 0.2) is 54.1 Å². The Morgan fingerprint density at radius 3 is 2.34 bits per heavy atom. The molecular weight excluding hydrogens is 390 g/mol. The number of phenols is 1. The van der Waals surface area contributed by atoms with Crippen molar-refractivity contribution in [2.75, 3.05) is 0 Å². The first kappa shape index (κ1) is 19.5. The van der Waals surface area contributed by atoms with Crippen molar-refractivity contribution in [1.29, 1.82) is 0 Å². The molecule has 0 radical (unpaired) electrons. The molecule has 1 saturated heterocycles. The molecule has 0 spiro atoms. The van der Waals surface area contributed by atoms with Crippen LogP contribution in [0.4, 0.5) is 0 Å². The van der Waals surface area contributed by atoms with Crippen molar-refractivity contribution in [1.82, 2.24) is 4.90 Å². The second-order valence-corrected chi connectivity index (χ2v) is 8.04. The van der Waals surface area contributed by atoms with Crippen molar-refractivity contribution in [2.24, 2.45) is 0 Å². The largest absolute Gasteiger partial charge is 0.508 e. The van der Waals surface area contributed by atoms with Gasteiger partial charge in [-0.25, -0.2) is 0 Å². The number of nitrogens with zero attached hydrogens (tertiary/aromatic N) is 1. The van der Waals surface area contributed by atoms with Gasteiger partial charge in [0.15, 0.2) is 0 Å². The minimum absolute atomic E-state index is 0.0522. The van der Waals surface area contributed by atoms with Crippen LogP contribution >= 0.6 is 11.6 Å². The number of phenolic OH excluding ortho intramolecular Hbond substituents is 1. The second kappa shape index (κ2) is 7.91. The van der Waals surface area contributed by atoms with E-state index in [4.69, 9.17) is 11.6 Å². The number of hydrogen-bond acceptors (Lipinski definition) is 4. The molecule has 6 heteroatoms. The van der Waals surface area contributed by atoms with E-state index in [0.717, 1.165) is 32.1 Å². The molecule has 1 amide bonds. The highest BCUT2D eigenvalue weighted by atomic mass is 35.5. The number of aliphatic hydroxyl groups is 1. The average molecular weight is 412 g/mol. The first-order valence-corrected chi connectivity index (χ1v) is 10.2. The molecular formula is C23H22ClNO4. The molecule has 1 atom stereocenters. The van der Waals surface area contributed by atoms with Gasteiger partial charge < -0.3 is 15.1 Å². The lowest BCUT2D eigenvalue weighted by molar-refractivity contribution is -0.141. The van der Waals surface area contributed by atoms with Crippen molar-refractivity contribution in [3.05, 3.63) is 70.3 Å². The third-order valence-corrected chi connectivity index (χ3v) is 5.99. The van der Waals surface area contributed by atoms with Crippen LogP contribution in [0.5, 0.6) is 5.75 Å². The quantitative estimate of drug-likeness (QED) is 0.432. The number of ketones is 1. The molecule has 2 aromatic rings. The van der Waals surface area contributed by atoms with Crippen LogP contribution in [0.2, 0.25) is 5.02 Å². The van der Waals surface area contributed by atoms with Crippen LogP contribution in [-0.2, 0) is 9.59 Å². The summed E-state index contributed by atoms with van der Waals surface area (Å²) in [7, 11) is 0. The van der Waals surface area contributed by atoms with Crippen molar-refractivity contribution in [2.45, 2.75) is 44.2 Å². The van der Waals surface area contributed by atoms with Crippen LogP contribution in [0.1, 0.15) is 49.3 Å². The zero-order chi connectivity index (χ0) is 20.5. The number of carbonyl (C=O) groups excluding carboxylic acids is 2. The molecule has 0 aromatic heterocycles. The third kappa shape index (κ3) is 3.62. The summed E-state index contributed by atoms with van der Waals surface area (Å²) >= 11 is 6.06. The summed E-state index contributed by atoms with van der Waals surface area (Å²) in [4.78, 5) is 27.7. The van der Waals surface area contributed by atoms with Gasteiger partial charge in [-0.15, -0.1) is 0 Å². The molecule has 4 rings (SSSR count). The number of aromatic hydroxyl groups is 1. The highest BCUT2D eigenvalue weighted by Crippen LogP contribution is 2.43. The molecule has 1 aliphatic carbocycles. The summed E-state index contributed by atoms with van der Waals surface area (Å²) in [5.74, 6) is -1.41. The Labute approximate surface area is 174 Å². The van der Waals surface area contributed by atoms with Crippen LogP contribution < -0.4 is 0 Å². The van der Waals surface area contributed by atoms with Gasteiger partial charge in [-0.05, 0) is 42.7 Å². The number of aliphatic hydroxyl groups excluding tert-OH is 1. The van der Waals surface area contributed by atoms with Gasteiger partial charge >= 0.3 is 0 Å². The zero-order valence-electron chi connectivity index (χ0n) is 15.8. The maximum atomic E-state index is 13.0. The fourth-order valence-electron chi connectivity index (χ4n) is 4.36. The van der Waals surface area contributed by atoms with E-state index in [-0.39, 0.29) is 23.1 Å². The van der Waals surface area contributed by atoms with E-state index < -0.39 is 17.7 Å². The summed E-state index contributed by atoms with van der Waals surface area (Å²) < 4.78 is 0. The highest BCUT2D eigenvalue weighted by Gasteiger charge is 2.48. The van der Waals surface area contributed by atoms with Gasteiger partial charge in [-0.3, -0.25) is 9.59 Å². The van der Waals surface area contributed by atoms with E-state index in [9.17, 15) is 19.8 Å². The van der Waals surface area contributed by atoms with Crippen molar-refractivity contribution < 1.29 is 19.8 Å². The van der Waals surface area contributed by atoms with Gasteiger partial charge in [0.1, 0.15) is 11.5 Å². The SMILES string of the molecule is O=C1C(=O)N(C2CCCCC2)C(c2ccc(O)cc2)/C1=C(/O)c1cccc(Cl)c1. The van der Waals surface area contributed by atoms with E-state index in [1.807, 2.05) is 0 Å². The standard InChI is InChI=1S/C23H22ClNO4/c24-16-6-4-5-15(13-16)21(27)19-20(14-9-11-18(26)12-10-14)25(23(29)22(19)28)17-7-2-1-3-8-17/h4-6,9-13,17,20,26-27H,1-3,7-8H2/b21-19-. The zero-order valence-corrected chi connectivity index (χ0v) is 16.6. The number of hydrogen-bond donors (Lipinski definition) is 2. The number of halogens is 1. The van der Waals surface area contributed by atoms with E-state index in [1.54, 1.807) is 41.3 Å². The normalized spacial score (nSPS) is 22.2. The minimum Gasteiger partial charge on any atom is -0.508 e. The Morgan fingerprint density at radius 2 is 1.69 bits per heavy atom. The Bertz CT molecular complexity index is 977. The topological polar surface area (TPSA) is 77.8 Å². The predicted molar refractivity (Wildman–Crippen MR) is 111 cm³/mol. The Kier molecular flexibility index (Phi) is 5.33. The fraction of sp³-hybridized carbons (Fsp3) is 0.304. The van der Waals surface area contributed by atoms with Crippen molar-refractivity contribution in [3.8, 4) is 5.75 Å². The fourth-order valence-corrected chi connectivity index (χ4v) is 4.55. The van der Waals surface area contributed by atoms with E-state index >= 15 is 0 Å². The molecule has 1 heterocycles. The number of rotatable bonds is 3. The highest BCUT2D eigenvalue weighted by molar-refractivity contribution is 6.46. The number of benzene rings is 2. The molecule has 0 bridgehead atoms. The van der Waals surface area contributed by atoms with Gasteiger partial charge in [0.25, 0.3) is 11.7 Å². The van der Waals surface area contributed by atoms with Crippen molar-refractivity contribution >= 4 is 29.1 Å². The molecule has 150 valence electrons. The molecule has 1 unspecified atom stereocenters. The molecule has 2 aliphatic rings. The van der Waals surface area contributed by atoms with Gasteiger partial charge in [-0.1, -0.05) is 55.1 Å². The maximum Gasteiger partial charge on any atom is 0.295 e. The van der Waals surface area contributed by atoms with E-state index in [2.05, 4.69) is 0 Å².